The predicted octanol–water partition coefficient (Wildman–Crippen LogP) is 9.86. The Kier molecular flexibility index (Phi) is 8.90. The molecule has 1 nitrogen and oxygen atoms in total. The molecule has 1 aliphatic rings. The topological polar surface area (TPSA) is 9.23 Å². The Morgan fingerprint density at radius 2 is 1.56 bits per heavy atom. The SMILES string of the molecule is C=CCCC1CCC(c2ccc(-c3ccc(-c4ccc(OCCCC)c(F)c4F)cc3)cc2F)CC1. The minimum atomic E-state index is -0.972. The van der Waals surface area contributed by atoms with Crippen molar-refractivity contribution in [2.45, 2.75) is 64.2 Å². The van der Waals surface area contributed by atoms with Crippen LogP contribution in [0.15, 0.2) is 67.3 Å². The summed E-state index contributed by atoms with van der Waals surface area (Å²) in [4.78, 5) is 0. The number of allylic oxidation sites excluding steroid dienone is 1. The Morgan fingerprint density at radius 1 is 0.861 bits per heavy atom. The van der Waals surface area contributed by atoms with Crippen LogP contribution in [0.5, 0.6) is 5.75 Å². The van der Waals surface area contributed by atoms with Gasteiger partial charge in [-0.25, -0.2) is 8.78 Å². The molecule has 4 rings (SSSR count). The fourth-order valence-corrected chi connectivity index (χ4v) is 5.19. The van der Waals surface area contributed by atoms with Gasteiger partial charge in [0.2, 0.25) is 5.82 Å². The maximum Gasteiger partial charge on any atom is 0.201 e. The molecule has 0 radical (unpaired) electrons. The Labute approximate surface area is 213 Å². The maximum atomic E-state index is 15.1. The molecule has 0 saturated heterocycles. The number of unbranched alkanes of at least 4 members (excludes halogenated alkanes) is 1. The zero-order chi connectivity index (χ0) is 25.5. The molecule has 0 bridgehead atoms. The summed E-state index contributed by atoms with van der Waals surface area (Å²) in [7, 11) is 0. The molecule has 0 N–H and O–H groups in total. The van der Waals surface area contributed by atoms with E-state index >= 15 is 4.39 Å². The summed E-state index contributed by atoms with van der Waals surface area (Å²) in [6, 6.07) is 15.6. The van der Waals surface area contributed by atoms with E-state index in [-0.39, 0.29) is 23.0 Å². The molecule has 0 unspecified atom stereocenters. The summed E-state index contributed by atoms with van der Waals surface area (Å²) in [5, 5.41) is 0. The smallest absolute Gasteiger partial charge is 0.201 e. The van der Waals surface area contributed by atoms with Gasteiger partial charge in [0.05, 0.1) is 6.61 Å². The summed E-state index contributed by atoms with van der Waals surface area (Å²) in [6.45, 7) is 6.17. The second-order valence-corrected chi connectivity index (χ2v) is 9.84. The lowest BCUT2D eigenvalue weighted by atomic mass is 9.77. The molecule has 190 valence electrons. The quantitative estimate of drug-likeness (QED) is 0.202. The van der Waals surface area contributed by atoms with E-state index in [1.165, 1.54) is 18.6 Å². The van der Waals surface area contributed by atoms with Crippen molar-refractivity contribution in [3.8, 4) is 28.0 Å². The van der Waals surface area contributed by atoms with Crippen molar-refractivity contribution < 1.29 is 17.9 Å². The van der Waals surface area contributed by atoms with Crippen LogP contribution in [0.3, 0.4) is 0 Å². The molecule has 0 aliphatic heterocycles. The van der Waals surface area contributed by atoms with E-state index in [9.17, 15) is 8.78 Å². The molecule has 3 aromatic rings. The highest BCUT2D eigenvalue weighted by Gasteiger charge is 2.24. The lowest BCUT2D eigenvalue weighted by Gasteiger charge is -2.29. The minimum absolute atomic E-state index is 0.0675. The number of rotatable bonds is 10. The summed E-state index contributed by atoms with van der Waals surface area (Å²) in [5.41, 5.74) is 3.13. The average Bonchev–Trinajstić information content (AvgIpc) is 2.90. The number of ether oxygens (including phenoxy) is 1. The zero-order valence-electron chi connectivity index (χ0n) is 21.0. The summed E-state index contributed by atoms with van der Waals surface area (Å²) < 4.78 is 49.7. The van der Waals surface area contributed by atoms with Gasteiger partial charge >= 0.3 is 0 Å². The van der Waals surface area contributed by atoms with Crippen molar-refractivity contribution in [1.82, 2.24) is 0 Å². The Balaban J connectivity index is 1.45. The van der Waals surface area contributed by atoms with E-state index in [2.05, 4.69) is 6.58 Å². The van der Waals surface area contributed by atoms with Gasteiger partial charge in [-0.2, -0.15) is 4.39 Å². The first-order valence-corrected chi connectivity index (χ1v) is 13.1. The molecular formula is C32H35F3O. The van der Waals surface area contributed by atoms with Crippen molar-refractivity contribution in [2.75, 3.05) is 6.61 Å². The second-order valence-electron chi connectivity index (χ2n) is 9.84. The highest BCUT2D eigenvalue weighted by molar-refractivity contribution is 5.71. The van der Waals surface area contributed by atoms with E-state index in [1.807, 2.05) is 37.3 Å². The van der Waals surface area contributed by atoms with Crippen LogP contribution < -0.4 is 4.74 Å². The second kappa shape index (κ2) is 12.3. The third-order valence-electron chi connectivity index (χ3n) is 7.40. The van der Waals surface area contributed by atoms with E-state index in [1.54, 1.807) is 18.2 Å². The molecule has 0 aromatic heterocycles. The molecular weight excluding hydrogens is 457 g/mol. The third-order valence-corrected chi connectivity index (χ3v) is 7.40. The van der Waals surface area contributed by atoms with Crippen molar-refractivity contribution in [3.05, 3.63) is 90.3 Å². The summed E-state index contributed by atoms with van der Waals surface area (Å²) in [6.07, 6.45) is 10.2. The van der Waals surface area contributed by atoms with Gasteiger partial charge in [-0.1, -0.05) is 55.8 Å². The van der Waals surface area contributed by atoms with E-state index in [0.717, 1.165) is 67.6 Å². The Hall–Kier alpha value is -3.01. The zero-order valence-corrected chi connectivity index (χ0v) is 21.0. The standard InChI is InChI=1S/C32H35F3O/c1-3-5-7-22-8-10-24(11-9-22)27-17-16-26(21-29(27)33)23-12-14-25(15-13-23)28-18-19-30(32(35)31(28)34)36-20-6-4-2/h3,12-19,21-22,24H,1,4-11,20H2,2H3. The van der Waals surface area contributed by atoms with E-state index in [4.69, 9.17) is 4.74 Å². The van der Waals surface area contributed by atoms with Crippen LogP contribution in [-0.4, -0.2) is 6.61 Å². The molecule has 0 spiro atoms. The maximum absolute atomic E-state index is 15.1. The summed E-state index contributed by atoms with van der Waals surface area (Å²) in [5.74, 6) is -1.14. The van der Waals surface area contributed by atoms with Crippen molar-refractivity contribution in [2.24, 2.45) is 5.92 Å². The van der Waals surface area contributed by atoms with Crippen LogP contribution in [0.4, 0.5) is 13.2 Å². The van der Waals surface area contributed by atoms with Gasteiger partial charge in [-0.05, 0) is 97.2 Å². The fourth-order valence-electron chi connectivity index (χ4n) is 5.19. The van der Waals surface area contributed by atoms with Crippen LogP contribution in [-0.2, 0) is 0 Å². The highest BCUT2D eigenvalue weighted by Crippen LogP contribution is 2.39. The minimum Gasteiger partial charge on any atom is -0.490 e. The van der Waals surface area contributed by atoms with Crippen LogP contribution in [0.1, 0.15) is 69.8 Å². The van der Waals surface area contributed by atoms with Gasteiger partial charge in [0.25, 0.3) is 0 Å². The van der Waals surface area contributed by atoms with Crippen LogP contribution in [0, 0.1) is 23.4 Å². The summed E-state index contributed by atoms with van der Waals surface area (Å²) >= 11 is 0. The molecule has 0 heterocycles. The van der Waals surface area contributed by atoms with Crippen molar-refractivity contribution in [1.29, 1.82) is 0 Å². The third kappa shape index (κ3) is 6.03. The fraction of sp³-hybridized carbons (Fsp3) is 0.375. The lowest BCUT2D eigenvalue weighted by Crippen LogP contribution is -2.14. The van der Waals surface area contributed by atoms with E-state index in [0.29, 0.717) is 12.2 Å². The average molecular weight is 493 g/mol. The Bertz CT molecular complexity index is 1160. The molecule has 1 saturated carbocycles. The molecule has 0 amide bonds. The van der Waals surface area contributed by atoms with Gasteiger partial charge in [-0.15, -0.1) is 6.58 Å². The first-order valence-electron chi connectivity index (χ1n) is 13.1. The lowest BCUT2D eigenvalue weighted by molar-refractivity contribution is 0.289. The van der Waals surface area contributed by atoms with Crippen molar-refractivity contribution in [3.63, 3.8) is 0 Å². The number of hydrogen-bond donors (Lipinski definition) is 0. The predicted molar refractivity (Wildman–Crippen MR) is 142 cm³/mol. The van der Waals surface area contributed by atoms with Gasteiger partial charge in [0, 0.05) is 5.56 Å². The van der Waals surface area contributed by atoms with Crippen LogP contribution in [0.2, 0.25) is 0 Å². The number of halogens is 3. The molecule has 36 heavy (non-hydrogen) atoms. The molecule has 1 aliphatic carbocycles. The van der Waals surface area contributed by atoms with Gasteiger partial charge in [-0.3, -0.25) is 0 Å². The molecule has 0 atom stereocenters. The van der Waals surface area contributed by atoms with Crippen LogP contribution in [0.25, 0.3) is 22.3 Å². The highest BCUT2D eigenvalue weighted by atomic mass is 19.2. The molecule has 3 aromatic carbocycles. The van der Waals surface area contributed by atoms with E-state index < -0.39 is 11.6 Å². The largest absolute Gasteiger partial charge is 0.490 e. The number of benzene rings is 3. The van der Waals surface area contributed by atoms with Crippen LogP contribution >= 0.6 is 0 Å². The van der Waals surface area contributed by atoms with Gasteiger partial charge in [0.15, 0.2) is 11.6 Å². The van der Waals surface area contributed by atoms with Gasteiger partial charge < -0.3 is 4.74 Å². The normalized spacial score (nSPS) is 17.7. The van der Waals surface area contributed by atoms with Crippen molar-refractivity contribution >= 4 is 0 Å². The molecule has 4 heteroatoms. The first-order chi connectivity index (χ1) is 17.5. The molecule has 1 fully saturated rings. The monoisotopic (exact) mass is 492 g/mol. The first kappa shape index (κ1) is 26.1. The number of hydrogen-bond acceptors (Lipinski definition) is 1. The Morgan fingerprint density at radius 3 is 2.22 bits per heavy atom. The van der Waals surface area contributed by atoms with Gasteiger partial charge in [0.1, 0.15) is 5.82 Å².